The van der Waals surface area contributed by atoms with Crippen molar-refractivity contribution in [1.82, 2.24) is 0 Å². The van der Waals surface area contributed by atoms with E-state index >= 15 is 0 Å². The van der Waals surface area contributed by atoms with Crippen LogP contribution >= 0.6 is 0 Å². The zero-order valence-corrected chi connectivity index (χ0v) is 40.3. The summed E-state index contributed by atoms with van der Waals surface area (Å²) in [6.45, 7) is 13.5. The molecule has 7 rings (SSSR count). The molecule has 68 heavy (non-hydrogen) atoms. The lowest BCUT2D eigenvalue weighted by atomic mass is 9.94. The summed E-state index contributed by atoms with van der Waals surface area (Å²) in [4.78, 5) is 0. The Morgan fingerprint density at radius 3 is 1.76 bits per heavy atom. The molecule has 0 saturated heterocycles. The first-order valence-electron chi connectivity index (χ1n) is 22.2. The van der Waals surface area contributed by atoms with Gasteiger partial charge >= 0.3 is 0 Å². The van der Waals surface area contributed by atoms with Crippen molar-refractivity contribution in [2.75, 3.05) is 21.3 Å². The smallest absolute Gasteiger partial charge is 0.162 e. The normalized spacial score (nSPS) is 15.8. The zero-order valence-electron chi connectivity index (χ0n) is 40.3. The quantitative estimate of drug-likeness (QED) is 0.0605. The highest BCUT2D eigenvalue weighted by Gasteiger charge is 2.31. The van der Waals surface area contributed by atoms with Crippen LogP contribution in [-0.4, -0.2) is 64.2 Å². The first kappa shape index (κ1) is 51.9. The molecule has 0 amide bonds. The fourth-order valence-corrected chi connectivity index (χ4v) is 7.67. The molecule has 0 aliphatic carbocycles. The van der Waals surface area contributed by atoms with E-state index in [4.69, 9.17) is 28.4 Å². The topological polar surface area (TPSA) is 177 Å². The molecule has 0 aromatic heterocycles. The second-order valence-electron chi connectivity index (χ2n) is 16.5. The molecule has 6 aromatic carbocycles. The lowest BCUT2D eigenvalue weighted by Gasteiger charge is -2.32. The maximum Gasteiger partial charge on any atom is 0.162 e. The van der Waals surface area contributed by atoms with Crippen LogP contribution in [0.15, 0.2) is 121 Å². The second kappa shape index (κ2) is 24.1. The number of aromatic hydroxyl groups is 3. The number of phenols is 3. The lowest BCUT2D eigenvalue weighted by molar-refractivity contribution is 0.0158. The molecule has 1 aliphatic rings. The predicted molar refractivity (Wildman–Crippen MR) is 265 cm³/mol. The van der Waals surface area contributed by atoms with Crippen LogP contribution in [0.1, 0.15) is 102 Å². The fraction of sp³-hybridized carbons (Fsp3) is 0.286. The van der Waals surface area contributed by atoms with E-state index < -0.39 is 24.4 Å². The van der Waals surface area contributed by atoms with Crippen molar-refractivity contribution < 1.29 is 59.1 Å². The van der Waals surface area contributed by atoms with Crippen molar-refractivity contribution in [3.8, 4) is 51.7 Å². The number of allylic oxidation sites excluding steroid dienone is 2. The minimum absolute atomic E-state index is 0.108. The van der Waals surface area contributed by atoms with E-state index in [1.54, 1.807) is 39.3 Å². The Bertz CT molecular complexity index is 2650. The number of rotatable bonds is 13. The minimum Gasteiger partial charge on any atom is -0.504 e. The third kappa shape index (κ3) is 13.3. The first-order valence-corrected chi connectivity index (χ1v) is 22.2. The van der Waals surface area contributed by atoms with E-state index in [1.807, 2.05) is 139 Å². The summed E-state index contributed by atoms with van der Waals surface area (Å²) in [7, 11) is 4.64. The number of ether oxygens (including phenoxy) is 6. The summed E-state index contributed by atoms with van der Waals surface area (Å²) in [6.07, 6.45) is 3.88. The van der Waals surface area contributed by atoms with Crippen LogP contribution in [0.4, 0.5) is 0 Å². The van der Waals surface area contributed by atoms with Crippen molar-refractivity contribution in [3.05, 3.63) is 171 Å². The van der Waals surface area contributed by atoms with Crippen LogP contribution in [0.3, 0.4) is 0 Å². The van der Waals surface area contributed by atoms with Crippen molar-refractivity contribution in [3.63, 3.8) is 0 Å². The van der Waals surface area contributed by atoms with Crippen LogP contribution < -0.4 is 28.4 Å². The number of hydrogen-bond donors (Lipinski definition) is 6. The van der Waals surface area contributed by atoms with E-state index in [9.17, 15) is 30.6 Å². The Morgan fingerprint density at radius 2 is 1.13 bits per heavy atom. The van der Waals surface area contributed by atoms with Crippen molar-refractivity contribution in [2.45, 2.75) is 85.1 Å². The van der Waals surface area contributed by atoms with Crippen LogP contribution in [-0.2, 0) is 0 Å². The summed E-state index contributed by atoms with van der Waals surface area (Å²) < 4.78 is 33.8. The highest BCUT2D eigenvalue weighted by molar-refractivity contribution is 5.57. The first-order chi connectivity index (χ1) is 32.5. The summed E-state index contributed by atoms with van der Waals surface area (Å²) in [5, 5.41) is 60.1. The van der Waals surface area contributed by atoms with Gasteiger partial charge in [-0.15, -0.1) is 0 Å². The highest BCUT2D eigenvalue weighted by Crippen LogP contribution is 2.42. The van der Waals surface area contributed by atoms with Gasteiger partial charge in [-0.1, -0.05) is 89.5 Å². The third-order valence-corrected chi connectivity index (χ3v) is 11.1. The van der Waals surface area contributed by atoms with Crippen molar-refractivity contribution >= 4 is 12.2 Å². The van der Waals surface area contributed by atoms with Gasteiger partial charge in [0.25, 0.3) is 0 Å². The standard InChI is InChI=1S/C19H22O5.C19H20O4.C18H22O3/c1-4-5-13-6-9-17(18(10-13)23-3)24-12(2)19(22)14-7-8-15(20)16(21)11-14;1-4-5-13-6-9-16-18(10-13)23-19(12(2)22-16)14-7-8-15(20)17(11-14)21-3;1-11-5-6-16(21-4)15(10-11)18(20)17(19)14-8-12(2)7-13(3)9-14/h4-12,19-22H,1-3H3;4-12,19-20H,1-3H3;5-10,17-20H,1-4H3/b2*5-4+;. The second-order valence-corrected chi connectivity index (χ2v) is 16.5. The number of aliphatic hydroxyl groups is 3. The summed E-state index contributed by atoms with van der Waals surface area (Å²) >= 11 is 0. The molecule has 1 aliphatic heterocycles. The molecule has 360 valence electrons. The molecule has 6 unspecified atom stereocenters. The average Bonchev–Trinajstić information content (AvgIpc) is 3.32. The third-order valence-electron chi connectivity index (χ3n) is 11.1. The molecule has 12 nitrogen and oxygen atoms in total. The summed E-state index contributed by atoms with van der Waals surface area (Å²) in [5.41, 5.74) is 7.84. The number of aliphatic hydroxyl groups excluding tert-OH is 3. The molecular weight excluding hydrogens is 865 g/mol. The summed E-state index contributed by atoms with van der Waals surface area (Å²) in [5.74, 6) is 3.13. The summed E-state index contributed by atoms with van der Waals surface area (Å²) in [6, 6.07) is 32.2. The van der Waals surface area contributed by atoms with E-state index in [0.29, 0.717) is 39.7 Å². The van der Waals surface area contributed by atoms with Crippen LogP contribution in [0, 0.1) is 20.8 Å². The van der Waals surface area contributed by atoms with Gasteiger partial charge < -0.3 is 59.1 Å². The van der Waals surface area contributed by atoms with Gasteiger partial charge in [-0.2, -0.15) is 0 Å². The predicted octanol–water partition coefficient (Wildman–Crippen LogP) is 11.4. The molecule has 0 bridgehead atoms. The van der Waals surface area contributed by atoms with E-state index in [2.05, 4.69) is 0 Å². The molecule has 6 atom stereocenters. The fourth-order valence-electron chi connectivity index (χ4n) is 7.67. The highest BCUT2D eigenvalue weighted by atomic mass is 16.6. The van der Waals surface area contributed by atoms with Gasteiger partial charge in [-0.3, -0.25) is 0 Å². The Kier molecular flexibility index (Phi) is 18.4. The van der Waals surface area contributed by atoms with Gasteiger partial charge in [0.15, 0.2) is 52.1 Å². The molecule has 1 heterocycles. The van der Waals surface area contributed by atoms with Crippen LogP contribution in [0.2, 0.25) is 0 Å². The average molecular weight is 929 g/mol. The molecule has 0 saturated carbocycles. The van der Waals surface area contributed by atoms with Crippen LogP contribution in [0.5, 0.6) is 51.7 Å². The van der Waals surface area contributed by atoms with Gasteiger partial charge in [-0.25, -0.2) is 0 Å². The Morgan fingerprint density at radius 1 is 0.515 bits per heavy atom. The Hall–Kier alpha value is -7.12. The number of phenolic OH excluding ortho intramolecular Hbond substituents is 3. The molecule has 6 aromatic rings. The zero-order chi connectivity index (χ0) is 49.7. The number of fused-ring (bicyclic) bond motifs is 1. The SMILES string of the molecule is C/C=C/c1ccc(OC(C)C(O)c2ccc(O)c(O)c2)c(OC)c1.C/C=C/c1ccc2c(c1)OC(c1ccc(O)c(OC)c1)C(C)O2.COc1ccc(C)cc1C(O)C(O)c1cc(C)cc(C)c1. The van der Waals surface area contributed by atoms with E-state index in [-0.39, 0.29) is 29.5 Å². The number of benzene rings is 6. The number of hydrogen-bond acceptors (Lipinski definition) is 12. The monoisotopic (exact) mass is 928 g/mol. The Labute approximate surface area is 399 Å². The van der Waals surface area contributed by atoms with Gasteiger partial charge in [0.2, 0.25) is 0 Å². The maximum atomic E-state index is 10.5. The van der Waals surface area contributed by atoms with Crippen LogP contribution in [0.25, 0.3) is 12.2 Å². The Balaban J connectivity index is 0.000000191. The molecule has 0 fully saturated rings. The largest absolute Gasteiger partial charge is 0.504 e. The molecular formula is C56H64O12. The van der Waals surface area contributed by atoms with Gasteiger partial charge in [0, 0.05) is 11.1 Å². The maximum absolute atomic E-state index is 10.5. The minimum atomic E-state index is -1.03. The van der Waals surface area contributed by atoms with E-state index in [0.717, 1.165) is 44.9 Å². The number of methoxy groups -OCH3 is 3. The lowest BCUT2D eigenvalue weighted by Crippen LogP contribution is -2.30. The van der Waals surface area contributed by atoms with Gasteiger partial charge in [0.1, 0.15) is 36.3 Å². The molecule has 0 radical (unpaired) electrons. The van der Waals surface area contributed by atoms with Gasteiger partial charge in [0.05, 0.1) is 21.3 Å². The molecule has 0 spiro atoms. The van der Waals surface area contributed by atoms with Gasteiger partial charge in [-0.05, 0) is 131 Å². The number of aryl methyl sites for hydroxylation is 3. The molecule has 12 heteroatoms. The van der Waals surface area contributed by atoms with E-state index in [1.165, 1.54) is 25.3 Å². The van der Waals surface area contributed by atoms with Crippen molar-refractivity contribution in [2.24, 2.45) is 0 Å². The molecule has 6 N–H and O–H groups in total. The van der Waals surface area contributed by atoms with Crippen molar-refractivity contribution in [1.29, 1.82) is 0 Å².